The average molecular weight is 269 g/mol. The molecule has 1 aromatic heterocycles. The third-order valence-electron chi connectivity index (χ3n) is 4.05. The molecule has 0 radical (unpaired) electrons. The number of nitrogens with zero attached hydrogens (tertiary/aromatic N) is 1. The lowest BCUT2D eigenvalue weighted by Gasteiger charge is -2.23. The molecule has 3 rings (SSSR count). The van der Waals surface area contributed by atoms with Crippen LogP contribution >= 0.6 is 0 Å². The van der Waals surface area contributed by atoms with Crippen molar-refractivity contribution in [2.45, 2.75) is 18.9 Å². The van der Waals surface area contributed by atoms with E-state index in [0.717, 1.165) is 24.3 Å². The highest BCUT2D eigenvalue weighted by Gasteiger charge is 2.31. The van der Waals surface area contributed by atoms with E-state index in [2.05, 4.69) is 34.7 Å². The number of hydrazine groups is 1. The molecular weight excluding hydrogens is 250 g/mol. The summed E-state index contributed by atoms with van der Waals surface area (Å²) >= 11 is 0. The summed E-state index contributed by atoms with van der Waals surface area (Å²) in [5, 5.41) is 0. The van der Waals surface area contributed by atoms with Crippen molar-refractivity contribution in [1.29, 1.82) is 0 Å². The van der Waals surface area contributed by atoms with Crippen LogP contribution in [0.2, 0.25) is 0 Å². The lowest BCUT2D eigenvalue weighted by atomic mass is 9.93. The van der Waals surface area contributed by atoms with Gasteiger partial charge < -0.3 is 4.74 Å². The molecule has 4 nitrogen and oxygen atoms in total. The zero-order valence-electron chi connectivity index (χ0n) is 11.5. The van der Waals surface area contributed by atoms with Gasteiger partial charge in [0.2, 0.25) is 0 Å². The Hall–Kier alpha value is -1.91. The number of hydrogen-bond donors (Lipinski definition) is 2. The molecule has 0 aliphatic heterocycles. The number of pyridine rings is 1. The first-order valence-corrected chi connectivity index (χ1v) is 6.85. The first kappa shape index (κ1) is 13.1. The number of nitrogens with one attached hydrogen (secondary N) is 1. The molecule has 1 heterocycles. The fraction of sp³-hybridized carbons (Fsp3) is 0.312. The second-order valence-electron chi connectivity index (χ2n) is 5.17. The van der Waals surface area contributed by atoms with Crippen molar-refractivity contribution in [2.24, 2.45) is 11.8 Å². The monoisotopic (exact) mass is 269 g/mol. The van der Waals surface area contributed by atoms with Gasteiger partial charge in [0, 0.05) is 6.20 Å². The Morgan fingerprint density at radius 2 is 1.90 bits per heavy atom. The minimum atomic E-state index is -0.00134. The molecule has 20 heavy (non-hydrogen) atoms. The summed E-state index contributed by atoms with van der Waals surface area (Å²) in [5.74, 6) is 6.99. The summed E-state index contributed by atoms with van der Waals surface area (Å²) in [6.07, 6.45) is 3.82. The Balaban J connectivity index is 1.89. The van der Waals surface area contributed by atoms with Crippen molar-refractivity contribution in [3.63, 3.8) is 0 Å². The van der Waals surface area contributed by atoms with Crippen LogP contribution in [-0.4, -0.2) is 12.1 Å². The van der Waals surface area contributed by atoms with Gasteiger partial charge in [-0.25, -0.2) is 0 Å². The van der Waals surface area contributed by atoms with E-state index in [1.54, 1.807) is 13.3 Å². The van der Waals surface area contributed by atoms with E-state index in [0.29, 0.717) is 5.92 Å². The summed E-state index contributed by atoms with van der Waals surface area (Å²) in [6, 6.07) is 12.4. The Morgan fingerprint density at radius 1 is 1.20 bits per heavy atom. The average Bonchev–Trinajstić information content (AvgIpc) is 2.92. The van der Waals surface area contributed by atoms with Crippen LogP contribution in [0.3, 0.4) is 0 Å². The molecule has 0 amide bonds. The number of nitrogens with two attached hydrogens (primary N) is 1. The van der Waals surface area contributed by atoms with E-state index in [-0.39, 0.29) is 6.04 Å². The molecule has 1 aliphatic rings. The van der Waals surface area contributed by atoms with E-state index in [1.165, 1.54) is 11.1 Å². The van der Waals surface area contributed by atoms with Gasteiger partial charge in [0.05, 0.1) is 13.2 Å². The normalized spacial score (nSPS) is 15.9. The third-order valence-corrected chi connectivity index (χ3v) is 4.05. The molecule has 3 N–H and O–H groups in total. The number of aromatic nitrogens is 1. The van der Waals surface area contributed by atoms with Crippen molar-refractivity contribution >= 4 is 0 Å². The second kappa shape index (κ2) is 5.61. The van der Waals surface area contributed by atoms with Gasteiger partial charge in [0.1, 0.15) is 11.4 Å². The first-order chi connectivity index (χ1) is 9.83. The highest BCUT2D eigenvalue weighted by Crippen LogP contribution is 2.36. The van der Waals surface area contributed by atoms with Crippen molar-refractivity contribution in [3.8, 4) is 5.75 Å². The fourth-order valence-corrected chi connectivity index (χ4v) is 3.08. The summed E-state index contributed by atoms with van der Waals surface area (Å²) in [5.41, 5.74) is 6.63. The number of ether oxygens (including phenoxy) is 1. The zero-order chi connectivity index (χ0) is 13.9. The summed E-state index contributed by atoms with van der Waals surface area (Å²) in [6.45, 7) is 0. The Morgan fingerprint density at radius 3 is 2.50 bits per heavy atom. The van der Waals surface area contributed by atoms with Crippen molar-refractivity contribution in [2.75, 3.05) is 7.11 Å². The molecule has 1 aliphatic carbocycles. The van der Waals surface area contributed by atoms with Gasteiger partial charge in [-0.3, -0.25) is 16.3 Å². The maximum absolute atomic E-state index is 5.80. The van der Waals surface area contributed by atoms with Crippen LogP contribution in [0.1, 0.15) is 22.9 Å². The minimum absolute atomic E-state index is 0.00134. The molecule has 0 saturated carbocycles. The Labute approximate surface area is 119 Å². The van der Waals surface area contributed by atoms with Crippen LogP contribution in [0.5, 0.6) is 5.75 Å². The number of hydrogen-bond acceptors (Lipinski definition) is 4. The largest absolute Gasteiger partial charge is 0.495 e. The number of fused-ring (bicyclic) bond motifs is 1. The van der Waals surface area contributed by atoms with Gasteiger partial charge >= 0.3 is 0 Å². The standard InChI is InChI=1S/C16H19N3O/c1-20-14-7-4-8-18-16(14)15(19-17)13-9-11-5-2-3-6-12(11)10-13/h2-8,13,15,19H,9-10,17H2,1H3. The number of rotatable bonds is 4. The van der Waals surface area contributed by atoms with Gasteiger partial charge in [-0.15, -0.1) is 0 Å². The van der Waals surface area contributed by atoms with Crippen LogP contribution < -0.4 is 16.0 Å². The topological polar surface area (TPSA) is 60.2 Å². The third kappa shape index (κ3) is 2.28. The highest BCUT2D eigenvalue weighted by atomic mass is 16.5. The van der Waals surface area contributed by atoms with Gasteiger partial charge in [-0.05, 0) is 42.0 Å². The van der Waals surface area contributed by atoms with Crippen LogP contribution in [0.15, 0.2) is 42.6 Å². The maximum Gasteiger partial charge on any atom is 0.142 e. The number of methoxy groups -OCH3 is 1. The predicted molar refractivity (Wildman–Crippen MR) is 78.2 cm³/mol. The van der Waals surface area contributed by atoms with Gasteiger partial charge in [-0.2, -0.15) is 0 Å². The Bertz CT molecular complexity index is 575. The van der Waals surface area contributed by atoms with Crippen LogP contribution in [0.4, 0.5) is 0 Å². The summed E-state index contributed by atoms with van der Waals surface area (Å²) in [4.78, 5) is 4.46. The van der Waals surface area contributed by atoms with Crippen LogP contribution in [0.25, 0.3) is 0 Å². The van der Waals surface area contributed by atoms with Crippen molar-refractivity contribution in [3.05, 3.63) is 59.4 Å². The zero-order valence-corrected chi connectivity index (χ0v) is 11.5. The quantitative estimate of drug-likeness (QED) is 0.658. The predicted octanol–water partition coefficient (Wildman–Crippen LogP) is 2.01. The van der Waals surface area contributed by atoms with Gasteiger partial charge in [0.15, 0.2) is 0 Å². The molecule has 0 spiro atoms. The molecule has 1 aromatic carbocycles. The lowest BCUT2D eigenvalue weighted by molar-refractivity contribution is 0.344. The molecule has 2 aromatic rings. The highest BCUT2D eigenvalue weighted by molar-refractivity contribution is 5.36. The van der Waals surface area contributed by atoms with E-state index >= 15 is 0 Å². The van der Waals surface area contributed by atoms with E-state index in [1.807, 2.05) is 12.1 Å². The Kier molecular flexibility index (Phi) is 3.67. The van der Waals surface area contributed by atoms with E-state index in [4.69, 9.17) is 10.6 Å². The first-order valence-electron chi connectivity index (χ1n) is 6.85. The molecule has 104 valence electrons. The summed E-state index contributed by atoms with van der Waals surface area (Å²) < 4.78 is 5.41. The SMILES string of the molecule is COc1cccnc1C(NN)C1Cc2ccccc2C1. The molecule has 1 unspecified atom stereocenters. The molecule has 0 bridgehead atoms. The van der Waals surface area contributed by atoms with E-state index < -0.39 is 0 Å². The molecule has 0 saturated heterocycles. The van der Waals surface area contributed by atoms with Gasteiger partial charge in [0.25, 0.3) is 0 Å². The van der Waals surface area contributed by atoms with Gasteiger partial charge in [-0.1, -0.05) is 24.3 Å². The molecule has 0 fully saturated rings. The maximum atomic E-state index is 5.80. The van der Waals surface area contributed by atoms with Crippen molar-refractivity contribution in [1.82, 2.24) is 10.4 Å². The number of benzene rings is 1. The van der Waals surface area contributed by atoms with Crippen LogP contribution in [0, 0.1) is 5.92 Å². The summed E-state index contributed by atoms with van der Waals surface area (Å²) in [7, 11) is 1.66. The van der Waals surface area contributed by atoms with E-state index in [9.17, 15) is 0 Å². The molecule has 4 heteroatoms. The lowest BCUT2D eigenvalue weighted by Crippen LogP contribution is -2.34. The van der Waals surface area contributed by atoms with Crippen molar-refractivity contribution < 1.29 is 4.74 Å². The fourth-order valence-electron chi connectivity index (χ4n) is 3.08. The van der Waals surface area contributed by atoms with Crippen LogP contribution in [-0.2, 0) is 12.8 Å². The molecule has 1 atom stereocenters. The second-order valence-corrected chi connectivity index (χ2v) is 5.17. The molecular formula is C16H19N3O. The smallest absolute Gasteiger partial charge is 0.142 e. The minimum Gasteiger partial charge on any atom is -0.495 e.